The number of fused-ring (bicyclic) bond motifs is 7. The van der Waals surface area contributed by atoms with Gasteiger partial charge < -0.3 is 4.57 Å². The lowest BCUT2D eigenvalue weighted by Crippen LogP contribution is -1.97. The maximum absolute atomic E-state index is 2.55. The van der Waals surface area contributed by atoms with Crippen molar-refractivity contribution in [1.82, 2.24) is 4.57 Å². The van der Waals surface area contributed by atoms with Crippen LogP contribution in [-0.4, -0.2) is 4.57 Å². The van der Waals surface area contributed by atoms with Crippen molar-refractivity contribution in [1.29, 1.82) is 0 Å². The molecule has 0 spiro atoms. The minimum Gasteiger partial charge on any atom is -0.340 e. The summed E-state index contributed by atoms with van der Waals surface area (Å²) < 4.78 is 5.31. The first-order valence-electron chi connectivity index (χ1n) is 11.1. The number of rotatable bonds is 5. The van der Waals surface area contributed by atoms with Gasteiger partial charge in [-0.25, -0.2) is 0 Å². The number of hydrogen-bond donors (Lipinski definition) is 0. The van der Waals surface area contributed by atoms with Gasteiger partial charge in [-0.1, -0.05) is 62.6 Å². The molecule has 2 heteroatoms. The topological polar surface area (TPSA) is 4.93 Å². The number of hydrogen-bond acceptors (Lipinski definition) is 1. The average molecular weight is 408 g/mol. The second-order valence-corrected chi connectivity index (χ2v) is 9.48. The molecule has 1 nitrogen and oxygen atoms in total. The molecule has 0 unspecified atom stereocenters. The number of nitrogens with zero attached hydrogens (tertiary/aromatic N) is 1. The van der Waals surface area contributed by atoms with E-state index in [2.05, 4.69) is 84.3 Å². The first-order chi connectivity index (χ1) is 14.8. The van der Waals surface area contributed by atoms with Gasteiger partial charge in [-0.3, -0.25) is 0 Å². The van der Waals surface area contributed by atoms with E-state index < -0.39 is 0 Å². The fraction of sp³-hybridized carbons (Fsp3) is 0.214. The molecular formula is C28H25NS. The molecule has 0 saturated heterocycles. The van der Waals surface area contributed by atoms with Crippen LogP contribution in [0.3, 0.4) is 0 Å². The van der Waals surface area contributed by atoms with E-state index in [0.29, 0.717) is 0 Å². The second-order valence-electron chi connectivity index (χ2n) is 8.39. The summed E-state index contributed by atoms with van der Waals surface area (Å²) >= 11 is 1.90. The number of benzene rings is 4. The van der Waals surface area contributed by atoms with Gasteiger partial charge in [0.15, 0.2) is 0 Å². The molecule has 0 fully saturated rings. The van der Waals surface area contributed by atoms with Crippen LogP contribution in [0.2, 0.25) is 0 Å². The van der Waals surface area contributed by atoms with Gasteiger partial charge in [0.25, 0.3) is 0 Å². The zero-order valence-electron chi connectivity index (χ0n) is 17.3. The van der Waals surface area contributed by atoms with Gasteiger partial charge in [-0.2, -0.15) is 0 Å². The number of aryl methyl sites for hydroxylation is 1. The second kappa shape index (κ2) is 7.14. The van der Waals surface area contributed by atoms with Crippen molar-refractivity contribution in [2.24, 2.45) is 0 Å². The molecule has 0 aliphatic carbocycles. The minimum atomic E-state index is 1.10. The van der Waals surface area contributed by atoms with Crippen molar-refractivity contribution in [3.8, 4) is 0 Å². The molecule has 2 aromatic heterocycles. The Labute approximate surface area is 180 Å². The molecule has 4 aromatic carbocycles. The Morgan fingerprint density at radius 3 is 2.30 bits per heavy atom. The lowest BCUT2D eigenvalue weighted by molar-refractivity contribution is 0.602. The zero-order valence-corrected chi connectivity index (χ0v) is 18.1. The van der Waals surface area contributed by atoms with Gasteiger partial charge >= 0.3 is 0 Å². The molecule has 6 aromatic rings. The molecule has 0 aliphatic rings. The van der Waals surface area contributed by atoms with Crippen LogP contribution in [0.5, 0.6) is 0 Å². The van der Waals surface area contributed by atoms with Crippen molar-refractivity contribution in [3.63, 3.8) is 0 Å². The Morgan fingerprint density at radius 1 is 0.633 bits per heavy atom. The van der Waals surface area contributed by atoms with E-state index in [1.807, 2.05) is 11.3 Å². The van der Waals surface area contributed by atoms with Crippen molar-refractivity contribution in [2.75, 3.05) is 0 Å². The van der Waals surface area contributed by atoms with Crippen LogP contribution in [0.1, 0.15) is 32.6 Å². The molecule has 0 radical (unpaired) electrons. The Hall–Kier alpha value is -2.84. The predicted octanol–water partition coefficient (Wildman–Crippen LogP) is 8.90. The summed E-state index contributed by atoms with van der Waals surface area (Å²) in [6, 6.07) is 27.3. The summed E-state index contributed by atoms with van der Waals surface area (Å²) in [7, 11) is 0. The summed E-state index contributed by atoms with van der Waals surface area (Å²) in [5, 5.41) is 8.20. The molecule has 0 bridgehead atoms. The quantitative estimate of drug-likeness (QED) is 0.251. The van der Waals surface area contributed by atoms with Crippen LogP contribution in [0.15, 0.2) is 72.8 Å². The van der Waals surface area contributed by atoms with Gasteiger partial charge in [0.2, 0.25) is 0 Å². The lowest BCUT2D eigenvalue weighted by Gasteiger charge is -2.08. The molecule has 30 heavy (non-hydrogen) atoms. The highest BCUT2D eigenvalue weighted by Crippen LogP contribution is 2.39. The normalized spacial score (nSPS) is 12.2. The highest BCUT2D eigenvalue weighted by molar-refractivity contribution is 7.25. The molecule has 2 heterocycles. The third-order valence-electron chi connectivity index (χ3n) is 6.46. The largest absolute Gasteiger partial charge is 0.340 e. The molecule has 0 N–H and O–H groups in total. The lowest BCUT2D eigenvalue weighted by atomic mass is 10.0. The maximum Gasteiger partial charge on any atom is 0.0497 e. The standard InChI is InChI=1S/C28H25NS/c1-2-3-4-9-14-29-25-12-7-5-10-21(25)23-15-20-18-28-24(16-19(20)17-26(23)29)22-11-6-8-13-27(22)30-28/h5-8,10-13,15-18H,2-4,9,14H2,1H3. The highest BCUT2D eigenvalue weighted by Gasteiger charge is 2.13. The summed E-state index contributed by atoms with van der Waals surface area (Å²) in [6.45, 7) is 3.38. The van der Waals surface area contributed by atoms with Gasteiger partial charge in [0, 0.05) is 48.5 Å². The van der Waals surface area contributed by atoms with E-state index in [-0.39, 0.29) is 0 Å². The van der Waals surface area contributed by atoms with E-state index in [4.69, 9.17) is 0 Å². The number of para-hydroxylation sites is 1. The van der Waals surface area contributed by atoms with Crippen LogP contribution >= 0.6 is 11.3 Å². The van der Waals surface area contributed by atoms with Crippen LogP contribution in [0.25, 0.3) is 52.8 Å². The predicted molar refractivity (Wildman–Crippen MR) is 134 cm³/mol. The first-order valence-corrected chi connectivity index (χ1v) is 11.9. The SMILES string of the molecule is CCCCCCn1c2ccccc2c2cc3cc4sc5ccccc5c4cc3cc21. The van der Waals surface area contributed by atoms with Gasteiger partial charge in [0.05, 0.1) is 0 Å². The Bertz CT molecular complexity index is 1530. The number of aromatic nitrogens is 1. The van der Waals surface area contributed by atoms with Gasteiger partial charge in [-0.15, -0.1) is 11.3 Å². The van der Waals surface area contributed by atoms with Gasteiger partial charge in [0.1, 0.15) is 0 Å². The number of unbranched alkanes of at least 4 members (excludes halogenated alkanes) is 3. The van der Waals surface area contributed by atoms with Crippen LogP contribution < -0.4 is 0 Å². The Kier molecular flexibility index (Phi) is 4.28. The van der Waals surface area contributed by atoms with Crippen molar-refractivity contribution >= 4 is 64.1 Å². The minimum absolute atomic E-state index is 1.10. The first kappa shape index (κ1) is 18.0. The van der Waals surface area contributed by atoms with E-state index in [1.165, 1.54) is 78.4 Å². The Balaban J connectivity index is 1.61. The summed E-state index contributed by atoms with van der Waals surface area (Å²) in [6.07, 6.45) is 5.15. The number of thiophene rings is 1. The fourth-order valence-electron chi connectivity index (χ4n) is 4.95. The van der Waals surface area contributed by atoms with Crippen molar-refractivity contribution in [2.45, 2.75) is 39.2 Å². The van der Waals surface area contributed by atoms with Crippen molar-refractivity contribution < 1.29 is 0 Å². The van der Waals surface area contributed by atoms with E-state index >= 15 is 0 Å². The molecule has 0 aliphatic heterocycles. The smallest absolute Gasteiger partial charge is 0.0497 e. The molecule has 6 rings (SSSR count). The van der Waals surface area contributed by atoms with Crippen LogP contribution in [-0.2, 0) is 6.54 Å². The zero-order chi connectivity index (χ0) is 20.1. The molecular weight excluding hydrogens is 382 g/mol. The molecule has 0 saturated carbocycles. The van der Waals surface area contributed by atoms with E-state index in [0.717, 1.165) is 6.54 Å². The molecule has 148 valence electrons. The average Bonchev–Trinajstić information content (AvgIpc) is 3.29. The Morgan fingerprint density at radius 2 is 1.40 bits per heavy atom. The molecule has 0 amide bonds. The fourth-order valence-corrected chi connectivity index (χ4v) is 6.09. The third kappa shape index (κ3) is 2.74. The monoisotopic (exact) mass is 407 g/mol. The van der Waals surface area contributed by atoms with Crippen molar-refractivity contribution in [3.05, 3.63) is 72.8 Å². The van der Waals surface area contributed by atoms with Gasteiger partial charge in [-0.05, 0) is 53.6 Å². The maximum atomic E-state index is 2.55. The highest BCUT2D eigenvalue weighted by atomic mass is 32.1. The summed E-state index contributed by atoms with van der Waals surface area (Å²) in [4.78, 5) is 0. The van der Waals surface area contributed by atoms with E-state index in [9.17, 15) is 0 Å². The summed E-state index contributed by atoms with van der Waals surface area (Å²) in [5.41, 5.74) is 2.74. The van der Waals surface area contributed by atoms with Crippen LogP contribution in [0.4, 0.5) is 0 Å². The van der Waals surface area contributed by atoms with E-state index in [1.54, 1.807) is 0 Å². The van der Waals surface area contributed by atoms with Crippen LogP contribution in [0, 0.1) is 0 Å². The third-order valence-corrected chi connectivity index (χ3v) is 7.60. The molecule has 0 atom stereocenters. The summed E-state index contributed by atoms with van der Waals surface area (Å²) in [5.74, 6) is 0.